The molecule has 0 nitrogen and oxygen atoms in total. The lowest BCUT2D eigenvalue weighted by Gasteiger charge is -1.91. The summed E-state index contributed by atoms with van der Waals surface area (Å²) in [4.78, 5) is 0. The van der Waals surface area contributed by atoms with E-state index >= 15 is 0 Å². The van der Waals surface area contributed by atoms with Crippen LogP contribution in [0.15, 0.2) is 0 Å². The Bertz CT molecular complexity index is 25.1. The second-order valence-corrected chi connectivity index (χ2v) is 3.17. The van der Waals surface area contributed by atoms with Gasteiger partial charge < -0.3 is 0 Å². The predicted octanol–water partition coefficient (Wildman–Crippen LogP) is 1.81. The Morgan fingerprint density at radius 2 is 1.60 bits per heavy atom. The highest BCUT2D eigenvalue weighted by atomic mass is 79.9. The van der Waals surface area contributed by atoms with Crippen molar-refractivity contribution in [3.8, 4) is 0 Å². The molecule has 4 heteroatoms. The third-order valence-electron chi connectivity index (χ3n) is 0. The van der Waals surface area contributed by atoms with E-state index in [4.69, 9.17) is 0 Å². The molecule has 5 heavy (non-hydrogen) atoms. The van der Waals surface area contributed by atoms with E-state index in [1.165, 1.54) is 9.24 Å². The Kier molecular flexibility index (Phi) is 1.71. The molecule has 0 radical (unpaired) electrons. The van der Waals surface area contributed by atoms with Crippen molar-refractivity contribution in [3.05, 3.63) is 0 Å². The topological polar surface area (TPSA) is 0 Å². The summed E-state index contributed by atoms with van der Waals surface area (Å²) in [5.74, 6) is 0. The van der Waals surface area contributed by atoms with Crippen LogP contribution in [0.5, 0.6) is 0 Å². The summed E-state index contributed by atoms with van der Waals surface area (Å²) < 4.78 is 19.0. The average Bonchev–Trinajstić information content (AvgIpc) is 0.722. The smallest absolute Gasteiger partial charge is 0.189 e. The highest BCUT2D eigenvalue weighted by Crippen LogP contribution is 2.28. The fraction of sp³-hybridized carbons (Fsp3) is 1.00. The van der Waals surface area contributed by atoms with Crippen LogP contribution in [0, 0.1) is 0 Å². The van der Waals surface area contributed by atoms with Crippen LogP contribution in [0.25, 0.3) is 0 Å². The SMILES string of the molecule is FC(F)(P)Br. The zero-order valence-electron chi connectivity index (χ0n) is 2.21. The van der Waals surface area contributed by atoms with Crippen molar-refractivity contribution in [3.63, 3.8) is 0 Å². The molecule has 0 bridgehead atoms. The number of rotatable bonds is 0. The first-order valence-electron chi connectivity index (χ1n) is 0.856. The van der Waals surface area contributed by atoms with Gasteiger partial charge in [0.05, 0.1) is 0 Å². The number of hydrogen-bond donors (Lipinski definition) is 0. The minimum absolute atomic E-state index is 1.30. The van der Waals surface area contributed by atoms with Crippen LogP contribution >= 0.6 is 25.2 Å². The molecule has 0 heterocycles. The molecule has 1 unspecified atom stereocenters. The van der Waals surface area contributed by atoms with Gasteiger partial charge in [0.15, 0.2) is 0 Å². The highest BCUT2D eigenvalue weighted by molar-refractivity contribution is 9.10. The molecule has 32 valence electrons. The molecule has 0 aromatic carbocycles. The molecule has 0 saturated heterocycles. The zero-order valence-corrected chi connectivity index (χ0v) is 4.95. The monoisotopic (exact) mass is 162 g/mol. The van der Waals surface area contributed by atoms with E-state index in [0.717, 1.165) is 0 Å². The quantitative estimate of drug-likeness (QED) is 0.377. The second kappa shape index (κ2) is 1.48. The van der Waals surface area contributed by atoms with E-state index in [-0.39, 0.29) is 0 Å². The van der Waals surface area contributed by atoms with E-state index in [0.29, 0.717) is 0 Å². The van der Waals surface area contributed by atoms with Gasteiger partial charge in [0.25, 0.3) is 0 Å². The Morgan fingerprint density at radius 1 is 1.60 bits per heavy atom. The molecule has 0 spiro atoms. The lowest BCUT2D eigenvalue weighted by atomic mass is 11.7. The van der Waals surface area contributed by atoms with Crippen molar-refractivity contribution in [1.82, 2.24) is 0 Å². The van der Waals surface area contributed by atoms with Crippen molar-refractivity contribution in [1.29, 1.82) is 0 Å². The van der Waals surface area contributed by atoms with Crippen molar-refractivity contribution in [2.45, 2.75) is 4.57 Å². The van der Waals surface area contributed by atoms with Gasteiger partial charge in [-0.3, -0.25) is 0 Å². The molecule has 0 aromatic rings. The molecular formula is CH2BrF2P. The summed E-state index contributed by atoms with van der Waals surface area (Å²) in [7, 11) is 1.30. The number of hydrogen-bond acceptors (Lipinski definition) is 0. The average molecular weight is 163 g/mol. The third-order valence-corrected chi connectivity index (χ3v) is 0. The van der Waals surface area contributed by atoms with Gasteiger partial charge in [0.2, 0.25) is 0 Å². The summed E-state index contributed by atoms with van der Waals surface area (Å²) in [6.07, 6.45) is 0. The molecule has 0 rings (SSSR count). The highest BCUT2D eigenvalue weighted by Gasteiger charge is 2.12. The first-order chi connectivity index (χ1) is 2.00. The van der Waals surface area contributed by atoms with Crippen LogP contribution in [0.2, 0.25) is 0 Å². The van der Waals surface area contributed by atoms with Crippen LogP contribution in [-0.2, 0) is 0 Å². The molecule has 0 N–H and O–H groups in total. The standard InChI is InChI=1S/CH2BrF2P/c2-1(3,4)5/h5H2. The predicted molar refractivity (Wildman–Crippen MR) is 23.6 cm³/mol. The van der Waals surface area contributed by atoms with Crippen molar-refractivity contribution in [2.24, 2.45) is 0 Å². The minimum Gasteiger partial charge on any atom is -0.189 e. The first kappa shape index (κ1) is 5.77. The van der Waals surface area contributed by atoms with Gasteiger partial charge in [-0.05, 0) is 25.2 Å². The Balaban J connectivity index is 3.02. The van der Waals surface area contributed by atoms with E-state index < -0.39 is 4.57 Å². The molecule has 0 aliphatic rings. The summed E-state index contributed by atoms with van der Waals surface area (Å²) in [6, 6.07) is 0. The van der Waals surface area contributed by atoms with E-state index in [1.54, 1.807) is 0 Å². The third kappa shape index (κ3) is 61.7. The minimum atomic E-state index is -2.77. The maximum absolute atomic E-state index is 10.9. The zero-order chi connectivity index (χ0) is 4.50. The van der Waals surface area contributed by atoms with Crippen molar-refractivity contribution >= 4 is 25.2 Å². The summed E-state index contributed by atoms with van der Waals surface area (Å²) >= 11 is 2.00. The Labute approximate surface area is 39.3 Å². The second-order valence-electron chi connectivity index (χ2n) is 0.542. The lowest BCUT2D eigenvalue weighted by Crippen LogP contribution is -1.83. The molecule has 0 aliphatic carbocycles. The van der Waals surface area contributed by atoms with Crippen LogP contribution in [0.4, 0.5) is 8.78 Å². The largest absolute Gasteiger partial charge is 0.311 e. The van der Waals surface area contributed by atoms with Gasteiger partial charge in [-0.25, -0.2) is 0 Å². The van der Waals surface area contributed by atoms with Crippen molar-refractivity contribution in [2.75, 3.05) is 0 Å². The maximum atomic E-state index is 10.9. The van der Waals surface area contributed by atoms with Gasteiger partial charge in [-0.2, -0.15) is 8.78 Å². The van der Waals surface area contributed by atoms with Gasteiger partial charge in [-0.15, -0.1) is 0 Å². The molecule has 0 aromatic heterocycles. The van der Waals surface area contributed by atoms with Crippen LogP contribution < -0.4 is 0 Å². The van der Waals surface area contributed by atoms with E-state index in [9.17, 15) is 8.78 Å². The summed E-state index contributed by atoms with van der Waals surface area (Å²) in [6.45, 7) is 0. The van der Waals surface area contributed by atoms with Gasteiger partial charge in [0, 0.05) is 0 Å². The van der Waals surface area contributed by atoms with Crippen molar-refractivity contribution < 1.29 is 8.78 Å². The first-order valence-corrected chi connectivity index (χ1v) is 2.23. The maximum Gasteiger partial charge on any atom is 0.311 e. The molecule has 1 atom stereocenters. The van der Waals surface area contributed by atoms with Gasteiger partial charge in [0.1, 0.15) is 0 Å². The number of halogens is 3. The van der Waals surface area contributed by atoms with E-state index in [2.05, 4.69) is 0 Å². The van der Waals surface area contributed by atoms with Gasteiger partial charge >= 0.3 is 4.57 Å². The molecule has 0 aliphatic heterocycles. The molecule has 0 amide bonds. The lowest BCUT2D eigenvalue weighted by molar-refractivity contribution is 0.220. The molecule has 0 fully saturated rings. The Morgan fingerprint density at radius 3 is 1.60 bits per heavy atom. The Hall–Kier alpha value is 0.770. The van der Waals surface area contributed by atoms with Crippen LogP contribution in [0.1, 0.15) is 0 Å². The summed E-state index contributed by atoms with van der Waals surface area (Å²) in [5.41, 5.74) is 0. The summed E-state index contributed by atoms with van der Waals surface area (Å²) in [5, 5.41) is 0. The van der Waals surface area contributed by atoms with Gasteiger partial charge in [-0.1, -0.05) is 0 Å². The fourth-order valence-corrected chi connectivity index (χ4v) is 0. The molecular weight excluding hydrogens is 161 g/mol. The van der Waals surface area contributed by atoms with Crippen LogP contribution in [0.3, 0.4) is 0 Å². The molecule has 0 saturated carbocycles. The number of alkyl halides is 3. The van der Waals surface area contributed by atoms with Crippen LogP contribution in [-0.4, -0.2) is 4.57 Å². The fourth-order valence-electron chi connectivity index (χ4n) is 0. The normalized spacial score (nSPS) is 12.0. The van der Waals surface area contributed by atoms with E-state index in [1.807, 2.05) is 15.9 Å².